The van der Waals surface area contributed by atoms with Crippen molar-refractivity contribution >= 4 is 5.91 Å². The highest BCUT2D eigenvalue weighted by molar-refractivity contribution is 5.95. The molecule has 0 saturated carbocycles. The second-order valence-electron chi connectivity index (χ2n) is 5.72. The molecule has 0 fully saturated rings. The normalized spacial score (nSPS) is 10.2. The van der Waals surface area contributed by atoms with Gasteiger partial charge in [-0.25, -0.2) is 0 Å². The quantitative estimate of drug-likeness (QED) is 0.781. The number of pyridine rings is 1. The van der Waals surface area contributed by atoms with E-state index in [0.717, 1.165) is 16.9 Å². The summed E-state index contributed by atoms with van der Waals surface area (Å²) >= 11 is 0. The molecule has 0 spiro atoms. The van der Waals surface area contributed by atoms with E-state index < -0.39 is 0 Å². The summed E-state index contributed by atoms with van der Waals surface area (Å²) in [6.45, 7) is 2.46. The molecule has 1 N–H and O–H groups in total. The lowest BCUT2D eigenvalue weighted by molar-refractivity contribution is 0.0947. The minimum Gasteiger partial charge on any atom is -0.350 e. The van der Waals surface area contributed by atoms with Gasteiger partial charge >= 0.3 is 0 Å². The van der Waals surface area contributed by atoms with Gasteiger partial charge in [0.25, 0.3) is 5.91 Å². The van der Waals surface area contributed by atoms with E-state index in [-0.39, 0.29) is 5.91 Å². The molecule has 25 heavy (non-hydrogen) atoms. The number of carbonyl (C=O) groups excluding carboxylic acids is 1. The Morgan fingerprint density at radius 1 is 1.20 bits per heavy atom. The molecule has 124 valence electrons. The van der Waals surface area contributed by atoms with Crippen LogP contribution >= 0.6 is 0 Å². The molecule has 0 bridgehead atoms. The maximum absolute atomic E-state index is 12.6. The van der Waals surface area contributed by atoms with E-state index in [1.54, 1.807) is 23.0 Å². The molecule has 3 aromatic rings. The summed E-state index contributed by atoms with van der Waals surface area (Å²) in [6, 6.07) is 17.3. The Balaban J connectivity index is 1.78. The van der Waals surface area contributed by atoms with Crippen LogP contribution in [0, 0.1) is 18.3 Å². The summed E-state index contributed by atoms with van der Waals surface area (Å²) in [5.41, 5.74) is 3.61. The molecule has 1 amide bonds. The third-order valence-electron chi connectivity index (χ3n) is 3.93. The second-order valence-corrected chi connectivity index (χ2v) is 5.72. The van der Waals surface area contributed by atoms with Crippen LogP contribution in [0.25, 0.3) is 5.69 Å². The van der Waals surface area contributed by atoms with Gasteiger partial charge < -0.3 is 9.88 Å². The topological polar surface area (TPSA) is 70.7 Å². The number of rotatable bonds is 5. The van der Waals surface area contributed by atoms with E-state index in [4.69, 9.17) is 0 Å². The fraction of sp³-hybridized carbons (Fsp3) is 0.150. The number of nitrogens with one attached hydrogen (secondary N) is 1. The van der Waals surface area contributed by atoms with E-state index >= 15 is 0 Å². The van der Waals surface area contributed by atoms with Crippen LogP contribution in [0.4, 0.5) is 0 Å². The number of amides is 1. The molecule has 0 unspecified atom stereocenters. The van der Waals surface area contributed by atoms with Crippen molar-refractivity contribution in [2.24, 2.45) is 0 Å². The van der Waals surface area contributed by atoms with Gasteiger partial charge in [-0.05, 0) is 37.3 Å². The van der Waals surface area contributed by atoms with Crippen molar-refractivity contribution in [1.82, 2.24) is 14.9 Å². The molecule has 0 aliphatic rings. The Morgan fingerprint density at radius 3 is 2.68 bits per heavy atom. The number of nitriles is 1. The fourth-order valence-electron chi connectivity index (χ4n) is 2.61. The van der Waals surface area contributed by atoms with Gasteiger partial charge in [-0.15, -0.1) is 0 Å². The molecule has 3 rings (SSSR count). The van der Waals surface area contributed by atoms with Crippen LogP contribution in [-0.4, -0.2) is 22.0 Å². The van der Waals surface area contributed by atoms with Crippen LogP contribution < -0.4 is 5.32 Å². The number of nitrogens with zero attached hydrogens (tertiary/aromatic N) is 3. The lowest BCUT2D eigenvalue weighted by atomic mass is 10.2. The number of aryl methyl sites for hydroxylation is 1. The number of aromatic nitrogens is 2. The highest BCUT2D eigenvalue weighted by Crippen LogP contribution is 2.17. The second kappa shape index (κ2) is 7.45. The van der Waals surface area contributed by atoms with Crippen molar-refractivity contribution in [2.45, 2.75) is 13.3 Å². The van der Waals surface area contributed by atoms with Gasteiger partial charge in [-0.1, -0.05) is 23.8 Å². The lowest BCUT2D eigenvalue weighted by Gasteiger charge is -2.11. The Morgan fingerprint density at radius 2 is 2.00 bits per heavy atom. The smallest absolute Gasteiger partial charge is 0.269 e. The number of carbonyl (C=O) groups is 1. The van der Waals surface area contributed by atoms with Crippen LogP contribution in [0.15, 0.2) is 60.9 Å². The molecule has 5 nitrogen and oxygen atoms in total. The molecule has 5 heteroatoms. The molecule has 1 aromatic carbocycles. The molecular weight excluding hydrogens is 312 g/mol. The third-order valence-corrected chi connectivity index (χ3v) is 3.93. The van der Waals surface area contributed by atoms with Gasteiger partial charge in [-0.2, -0.15) is 5.26 Å². The fourth-order valence-corrected chi connectivity index (χ4v) is 2.61. The summed E-state index contributed by atoms with van der Waals surface area (Å²) in [7, 11) is 0. The Bertz CT molecular complexity index is 905. The minimum absolute atomic E-state index is 0.266. The third kappa shape index (κ3) is 3.75. The van der Waals surface area contributed by atoms with E-state index in [9.17, 15) is 10.1 Å². The van der Waals surface area contributed by atoms with Gasteiger partial charge in [0.2, 0.25) is 0 Å². The van der Waals surface area contributed by atoms with E-state index in [0.29, 0.717) is 24.2 Å². The SMILES string of the molecule is Cc1ccc(-n2ccc(C#N)c2C(=O)NCCc2ccccn2)cc1. The van der Waals surface area contributed by atoms with Crippen LogP contribution in [-0.2, 0) is 6.42 Å². The average Bonchev–Trinajstić information content (AvgIpc) is 3.07. The lowest BCUT2D eigenvalue weighted by Crippen LogP contribution is -2.28. The highest BCUT2D eigenvalue weighted by Gasteiger charge is 2.17. The number of hydrogen-bond donors (Lipinski definition) is 1. The van der Waals surface area contributed by atoms with Crippen molar-refractivity contribution in [2.75, 3.05) is 6.54 Å². The Hall–Kier alpha value is -3.39. The van der Waals surface area contributed by atoms with Crippen LogP contribution in [0.5, 0.6) is 0 Å². The Kier molecular flexibility index (Phi) is 4.91. The summed E-state index contributed by atoms with van der Waals surface area (Å²) in [5, 5.41) is 12.2. The maximum atomic E-state index is 12.6. The zero-order chi connectivity index (χ0) is 17.6. The van der Waals surface area contributed by atoms with Crippen LogP contribution in [0.1, 0.15) is 27.3 Å². The van der Waals surface area contributed by atoms with Crippen molar-refractivity contribution in [1.29, 1.82) is 5.26 Å². The van der Waals surface area contributed by atoms with Crippen LogP contribution in [0.2, 0.25) is 0 Å². The number of hydrogen-bond acceptors (Lipinski definition) is 3. The molecule has 0 saturated heterocycles. The van der Waals surface area contributed by atoms with E-state index in [2.05, 4.69) is 16.4 Å². The molecule has 0 radical (unpaired) electrons. The molecule has 2 aromatic heterocycles. The molecule has 0 aliphatic heterocycles. The van der Waals surface area contributed by atoms with Gasteiger partial charge in [0.05, 0.1) is 5.56 Å². The zero-order valence-corrected chi connectivity index (χ0v) is 13.9. The Labute approximate surface area is 146 Å². The summed E-state index contributed by atoms with van der Waals surface area (Å²) in [6.07, 6.45) is 4.12. The van der Waals surface area contributed by atoms with Gasteiger partial charge in [0, 0.05) is 36.7 Å². The summed E-state index contributed by atoms with van der Waals surface area (Å²) in [5.74, 6) is -0.266. The average molecular weight is 330 g/mol. The maximum Gasteiger partial charge on any atom is 0.269 e. The van der Waals surface area contributed by atoms with E-state index in [1.165, 1.54) is 0 Å². The highest BCUT2D eigenvalue weighted by atomic mass is 16.1. The van der Waals surface area contributed by atoms with Crippen molar-refractivity contribution in [3.8, 4) is 11.8 Å². The van der Waals surface area contributed by atoms with Gasteiger partial charge in [0.15, 0.2) is 0 Å². The first-order valence-corrected chi connectivity index (χ1v) is 8.05. The van der Waals surface area contributed by atoms with Crippen molar-refractivity contribution in [3.05, 3.63) is 83.4 Å². The predicted octanol–water partition coefficient (Wildman–Crippen LogP) is 3.02. The minimum atomic E-state index is -0.266. The molecule has 0 aliphatic carbocycles. The zero-order valence-electron chi connectivity index (χ0n) is 13.9. The molecular formula is C20H18N4O. The monoisotopic (exact) mass is 330 g/mol. The first-order valence-electron chi connectivity index (χ1n) is 8.05. The largest absolute Gasteiger partial charge is 0.350 e. The van der Waals surface area contributed by atoms with Gasteiger partial charge in [-0.3, -0.25) is 9.78 Å². The molecule has 2 heterocycles. The predicted molar refractivity (Wildman–Crippen MR) is 95.5 cm³/mol. The molecule has 0 atom stereocenters. The number of benzene rings is 1. The summed E-state index contributed by atoms with van der Waals surface area (Å²) in [4.78, 5) is 16.9. The standard InChI is InChI=1S/C20H18N4O/c1-15-5-7-18(8-6-15)24-13-10-16(14-21)19(24)20(25)23-12-9-17-4-2-3-11-22-17/h2-8,10-11,13H,9,12H2,1H3,(H,23,25). The van der Waals surface area contributed by atoms with Crippen molar-refractivity contribution < 1.29 is 4.79 Å². The van der Waals surface area contributed by atoms with Gasteiger partial charge in [0.1, 0.15) is 11.8 Å². The first kappa shape index (κ1) is 16.5. The van der Waals surface area contributed by atoms with Crippen molar-refractivity contribution in [3.63, 3.8) is 0 Å². The first-order chi connectivity index (χ1) is 12.2. The van der Waals surface area contributed by atoms with Crippen LogP contribution in [0.3, 0.4) is 0 Å². The van der Waals surface area contributed by atoms with E-state index in [1.807, 2.05) is 49.4 Å². The summed E-state index contributed by atoms with van der Waals surface area (Å²) < 4.78 is 1.74.